The molecule has 0 aliphatic carbocycles. The van der Waals surface area contributed by atoms with Gasteiger partial charge in [-0.1, -0.05) is 6.92 Å². The van der Waals surface area contributed by atoms with Gasteiger partial charge in [-0.15, -0.1) is 0 Å². The van der Waals surface area contributed by atoms with E-state index in [1.165, 1.54) is 0 Å². The van der Waals surface area contributed by atoms with Crippen molar-refractivity contribution in [2.75, 3.05) is 26.7 Å². The summed E-state index contributed by atoms with van der Waals surface area (Å²) in [6.45, 7) is 10.7. The Morgan fingerprint density at radius 3 is 2.53 bits per heavy atom. The Labute approximate surface area is 105 Å². The zero-order valence-corrected chi connectivity index (χ0v) is 11.8. The summed E-state index contributed by atoms with van der Waals surface area (Å²) >= 11 is 0. The van der Waals surface area contributed by atoms with Crippen LogP contribution in [0, 0.1) is 0 Å². The predicted molar refractivity (Wildman–Crippen MR) is 69.1 cm³/mol. The van der Waals surface area contributed by atoms with Gasteiger partial charge in [0.15, 0.2) is 0 Å². The van der Waals surface area contributed by atoms with E-state index < -0.39 is 5.60 Å². The Morgan fingerprint density at radius 1 is 1.35 bits per heavy atom. The minimum absolute atomic E-state index is 0.167. The number of ether oxygens (including phenoxy) is 1. The fourth-order valence-corrected chi connectivity index (χ4v) is 2.15. The van der Waals surface area contributed by atoms with Crippen LogP contribution in [0.25, 0.3) is 0 Å². The van der Waals surface area contributed by atoms with Crippen LogP contribution >= 0.6 is 0 Å². The topological polar surface area (TPSA) is 32.8 Å². The summed E-state index contributed by atoms with van der Waals surface area (Å²) < 4.78 is 5.47. The molecule has 0 aromatic carbocycles. The number of hydrogen-bond donors (Lipinski definition) is 0. The quantitative estimate of drug-likeness (QED) is 0.707. The molecule has 0 bridgehead atoms. The second-order valence-electron chi connectivity index (χ2n) is 5.85. The maximum Gasteiger partial charge on any atom is 0.410 e. The molecule has 1 atom stereocenters. The summed E-state index contributed by atoms with van der Waals surface area (Å²) in [7, 11) is 2.11. The van der Waals surface area contributed by atoms with Crippen molar-refractivity contribution in [3.05, 3.63) is 0 Å². The molecule has 1 amide bonds. The van der Waals surface area contributed by atoms with Crippen molar-refractivity contribution in [3.8, 4) is 0 Å². The number of hydrogen-bond acceptors (Lipinski definition) is 3. The second-order valence-corrected chi connectivity index (χ2v) is 5.85. The third kappa shape index (κ3) is 4.54. The summed E-state index contributed by atoms with van der Waals surface area (Å²) in [6, 6.07) is 0.275. The van der Waals surface area contributed by atoms with Crippen molar-refractivity contribution < 1.29 is 9.53 Å². The van der Waals surface area contributed by atoms with Crippen LogP contribution in [-0.4, -0.2) is 54.2 Å². The molecular formula is C13H26N2O2. The van der Waals surface area contributed by atoms with Gasteiger partial charge in [-0.2, -0.15) is 0 Å². The summed E-state index contributed by atoms with van der Waals surface area (Å²) in [5.74, 6) is 0. The molecule has 17 heavy (non-hydrogen) atoms. The average Bonchev–Trinajstić information content (AvgIpc) is 2.36. The van der Waals surface area contributed by atoms with Gasteiger partial charge in [0.1, 0.15) is 5.60 Å². The van der Waals surface area contributed by atoms with Crippen LogP contribution in [0.15, 0.2) is 0 Å². The Morgan fingerprint density at radius 2 is 2.00 bits per heavy atom. The molecule has 0 saturated carbocycles. The number of nitrogens with zero attached hydrogens (tertiary/aromatic N) is 2. The van der Waals surface area contributed by atoms with E-state index in [1.54, 1.807) is 0 Å². The molecule has 0 spiro atoms. The molecule has 1 fully saturated rings. The molecule has 0 unspecified atom stereocenters. The fourth-order valence-electron chi connectivity index (χ4n) is 2.15. The van der Waals surface area contributed by atoms with E-state index in [0.29, 0.717) is 0 Å². The maximum atomic E-state index is 12.1. The minimum Gasteiger partial charge on any atom is -0.444 e. The van der Waals surface area contributed by atoms with Gasteiger partial charge in [-0.25, -0.2) is 4.79 Å². The lowest BCUT2D eigenvalue weighted by atomic mass is 10.2. The van der Waals surface area contributed by atoms with E-state index in [2.05, 4.69) is 18.9 Å². The van der Waals surface area contributed by atoms with Gasteiger partial charge in [0.2, 0.25) is 0 Å². The predicted octanol–water partition coefficient (Wildman–Crippen LogP) is 2.34. The van der Waals surface area contributed by atoms with Crippen molar-refractivity contribution in [1.29, 1.82) is 0 Å². The zero-order chi connectivity index (χ0) is 13.1. The van der Waals surface area contributed by atoms with E-state index in [4.69, 9.17) is 4.74 Å². The molecule has 1 rings (SSSR count). The van der Waals surface area contributed by atoms with Crippen LogP contribution in [0.4, 0.5) is 4.79 Å². The molecule has 1 aliphatic rings. The highest BCUT2D eigenvalue weighted by Crippen LogP contribution is 2.16. The third-order valence-corrected chi connectivity index (χ3v) is 3.00. The normalized spacial score (nSPS) is 23.4. The van der Waals surface area contributed by atoms with E-state index in [-0.39, 0.29) is 12.1 Å². The van der Waals surface area contributed by atoms with Gasteiger partial charge < -0.3 is 14.5 Å². The number of carbonyl (C=O) groups is 1. The van der Waals surface area contributed by atoms with Crippen LogP contribution < -0.4 is 0 Å². The average molecular weight is 242 g/mol. The summed E-state index contributed by atoms with van der Waals surface area (Å²) in [5, 5.41) is 0. The molecule has 4 nitrogen and oxygen atoms in total. The Balaban J connectivity index is 2.68. The first kappa shape index (κ1) is 14.3. The minimum atomic E-state index is -0.409. The molecule has 1 saturated heterocycles. The van der Waals surface area contributed by atoms with Gasteiger partial charge in [0, 0.05) is 19.1 Å². The molecule has 0 aromatic rings. The van der Waals surface area contributed by atoms with Gasteiger partial charge in [-0.3, -0.25) is 0 Å². The number of carbonyl (C=O) groups excluding carboxylic acids is 1. The molecule has 1 heterocycles. The number of likely N-dealkylation sites (N-methyl/N-ethyl adjacent to an activating group) is 1. The van der Waals surface area contributed by atoms with Crippen LogP contribution in [0.1, 0.15) is 40.5 Å². The van der Waals surface area contributed by atoms with Crippen LogP contribution in [0.3, 0.4) is 0 Å². The highest BCUT2D eigenvalue weighted by molar-refractivity contribution is 5.68. The number of rotatable bonds is 1. The van der Waals surface area contributed by atoms with E-state index in [1.807, 2.05) is 25.7 Å². The van der Waals surface area contributed by atoms with Crippen LogP contribution in [-0.2, 0) is 4.74 Å². The molecular weight excluding hydrogens is 216 g/mol. The van der Waals surface area contributed by atoms with Crippen molar-refractivity contribution >= 4 is 6.09 Å². The summed E-state index contributed by atoms with van der Waals surface area (Å²) in [4.78, 5) is 16.3. The third-order valence-electron chi connectivity index (χ3n) is 3.00. The zero-order valence-electron chi connectivity index (χ0n) is 11.8. The molecule has 100 valence electrons. The first-order valence-electron chi connectivity index (χ1n) is 6.51. The first-order valence-corrected chi connectivity index (χ1v) is 6.51. The number of amides is 1. The van der Waals surface area contributed by atoms with E-state index in [0.717, 1.165) is 32.5 Å². The lowest BCUT2D eigenvalue weighted by Gasteiger charge is -2.32. The lowest BCUT2D eigenvalue weighted by Crippen LogP contribution is -2.45. The molecule has 1 aliphatic heterocycles. The van der Waals surface area contributed by atoms with Crippen LogP contribution in [0.2, 0.25) is 0 Å². The molecule has 0 N–H and O–H groups in total. The van der Waals surface area contributed by atoms with Gasteiger partial charge in [-0.05, 0) is 47.2 Å². The smallest absolute Gasteiger partial charge is 0.410 e. The van der Waals surface area contributed by atoms with Crippen LogP contribution in [0.5, 0.6) is 0 Å². The molecule has 0 aromatic heterocycles. The van der Waals surface area contributed by atoms with Crippen molar-refractivity contribution in [2.24, 2.45) is 0 Å². The van der Waals surface area contributed by atoms with Crippen molar-refractivity contribution in [2.45, 2.75) is 52.2 Å². The standard InChI is InChI=1S/C13H26N2O2/c1-6-11-10-14(5)8-7-9-15(11)12(16)17-13(2,3)4/h11H,6-10H2,1-5H3/t11-/m0/s1. The highest BCUT2D eigenvalue weighted by Gasteiger charge is 2.29. The summed E-state index contributed by atoms with van der Waals surface area (Å²) in [5.41, 5.74) is -0.409. The summed E-state index contributed by atoms with van der Waals surface area (Å²) in [6.07, 6.45) is 1.83. The Hall–Kier alpha value is -0.770. The first-order chi connectivity index (χ1) is 7.83. The second kappa shape index (κ2) is 5.71. The van der Waals surface area contributed by atoms with Crippen molar-refractivity contribution in [3.63, 3.8) is 0 Å². The van der Waals surface area contributed by atoms with Gasteiger partial charge >= 0.3 is 6.09 Å². The van der Waals surface area contributed by atoms with E-state index >= 15 is 0 Å². The maximum absolute atomic E-state index is 12.1. The largest absolute Gasteiger partial charge is 0.444 e. The lowest BCUT2D eigenvalue weighted by molar-refractivity contribution is 0.0162. The fraction of sp³-hybridized carbons (Fsp3) is 0.923. The highest BCUT2D eigenvalue weighted by atomic mass is 16.6. The van der Waals surface area contributed by atoms with Gasteiger partial charge in [0.25, 0.3) is 0 Å². The SMILES string of the molecule is CC[C@H]1CN(C)CCCN1C(=O)OC(C)(C)C. The van der Waals surface area contributed by atoms with Crippen molar-refractivity contribution in [1.82, 2.24) is 9.80 Å². The Kier molecular flexibility index (Phi) is 4.80. The Bertz CT molecular complexity index is 261. The molecule has 4 heteroatoms. The van der Waals surface area contributed by atoms with Gasteiger partial charge in [0.05, 0.1) is 0 Å². The monoisotopic (exact) mass is 242 g/mol. The molecule has 0 radical (unpaired) electrons. The van der Waals surface area contributed by atoms with E-state index in [9.17, 15) is 4.79 Å².